The summed E-state index contributed by atoms with van der Waals surface area (Å²) in [6.45, 7) is -0.431. The van der Waals surface area contributed by atoms with Crippen LogP contribution in [-0.2, 0) is 11.5 Å². The number of halogens is 1. The molecule has 0 saturated heterocycles. The van der Waals surface area contributed by atoms with Crippen LogP contribution >= 0.6 is 11.6 Å². The predicted molar refractivity (Wildman–Crippen MR) is 68.9 cm³/mol. The maximum atomic E-state index is 8.93. The van der Waals surface area contributed by atoms with Crippen LogP contribution in [0.4, 0.5) is 5.82 Å². The third kappa shape index (κ3) is 2.92. The van der Waals surface area contributed by atoms with Crippen LogP contribution in [0, 0.1) is 0 Å². The van der Waals surface area contributed by atoms with E-state index >= 15 is 0 Å². The Morgan fingerprint density at radius 3 is 2.79 bits per heavy atom. The van der Waals surface area contributed by atoms with E-state index in [9.17, 15) is 0 Å². The maximum absolute atomic E-state index is 8.93. The number of anilines is 1. The molecule has 0 saturated carbocycles. The van der Waals surface area contributed by atoms with Gasteiger partial charge in [0, 0.05) is 7.05 Å². The van der Waals surface area contributed by atoms with E-state index in [0.29, 0.717) is 17.0 Å². The van der Waals surface area contributed by atoms with E-state index in [1.54, 1.807) is 11.6 Å². The Labute approximate surface area is 114 Å². The molecule has 0 spiro atoms. The van der Waals surface area contributed by atoms with Crippen molar-refractivity contribution in [1.82, 2.24) is 19.5 Å². The minimum Gasteiger partial charge on any atom is -0.394 e. The van der Waals surface area contributed by atoms with Gasteiger partial charge in [-0.05, 0) is 11.6 Å². The van der Waals surface area contributed by atoms with Gasteiger partial charge in [-0.15, -0.1) is 0 Å². The summed E-state index contributed by atoms with van der Waals surface area (Å²) in [5.41, 5.74) is 1.08. The largest absolute Gasteiger partial charge is 0.394 e. The standard InChI is InChI=1S/C10H14ClN5O3/c1-12-8-7-9(15-10(11)14-8)16(4-13-7)5-19-6(2-17)3-18/h4,6,17-18H,2-3,5H2,1H3,(H,12,14,15). The Morgan fingerprint density at radius 2 is 2.16 bits per heavy atom. The van der Waals surface area contributed by atoms with E-state index in [-0.39, 0.29) is 25.2 Å². The minimum absolute atomic E-state index is 0.0960. The maximum Gasteiger partial charge on any atom is 0.226 e. The second-order valence-electron chi connectivity index (χ2n) is 3.76. The molecule has 2 aromatic heterocycles. The summed E-state index contributed by atoms with van der Waals surface area (Å²) in [5, 5.41) is 20.8. The van der Waals surface area contributed by atoms with Gasteiger partial charge in [-0.1, -0.05) is 0 Å². The van der Waals surface area contributed by atoms with Crippen LogP contribution in [0.25, 0.3) is 11.2 Å². The molecule has 0 bridgehead atoms. The molecule has 0 aliphatic heterocycles. The Bertz CT molecular complexity index is 557. The summed E-state index contributed by atoms with van der Waals surface area (Å²) in [6.07, 6.45) is 0.890. The van der Waals surface area contributed by atoms with Crippen molar-refractivity contribution in [3.63, 3.8) is 0 Å². The van der Waals surface area contributed by atoms with Crippen molar-refractivity contribution in [2.45, 2.75) is 12.8 Å². The number of hydrogen-bond acceptors (Lipinski definition) is 7. The number of aliphatic hydroxyl groups is 2. The molecule has 104 valence electrons. The zero-order chi connectivity index (χ0) is 13.8. The van der Waals surface area contributed by atoms with E-state index in [0.717, 1.165) is 0 Å². The molecule has 2 aromatic rings. The van der Waals surface area contributed by atoms with E-state index in [1.165, 1.54) is 6.33 Å². The van der Waals surface area contributed by atoms with Crippen LogP contribution in [0.5, 0.6) is 0 Å². The molecule has 0 fully saturated rings. The molecular formula is C10H14ClN5O3. The van der Waals surface area contributed by atoms with Crippen LogP contribution in [-0.4, -0.2) is 56.1 Å². The fourth-order valence-electron chi connectivity index (χ4n) is 1.54. The fourth-order valence-corrected chi connectivity index (χ4v) is 1.70. The summed E-state index contributed by atoms with van der Waals surface area (Å²) < 4.78 is 6.92. The highest BCUT2D eigenvalue weighted by molar-refractivity contribution is 6.28. The van der Waals surface area contributed by atoms with E-state index in [2.05, 4.69) is 20.3 Å². The first-order valence-electron chi connectivity index (χ1n) is 5.59. The quantitative estimate of drug-likeness (QED) is 0.634. The third-order valence-electron chi connectivity index (χ3n) is 2.53. The van der Waals surface area contributed by atoms with Crippen molar-refractivity contribution in [2.24, 2.45) is 0 Å². The average Bonchev–Trinajstić information content (AvgIpc) is 2.82. The first kappa shape index (κ1) is 13.9. The molecular weight excluding hydrogens is 274 g/mol. The molecule has 9 heteroatoms. The van der Waals surface area contributed by atoms with Gasteiger partial charge in [0.2, 0.25) is 5.28 Å². The third-order valence-corrected chi connectivity index (χ3v) is 2.70. The molecule has 3 N–H and O–H groups in total. The normalized spacial score (nSPS) is 11.4. The minimum atomic E-state index is -0.640. The summed E-state index contributed by atoms with van der Waals surface area (Å²) in [5.74, 6) is 0.523. The molecule has 0 atom stereocenters. The Morgan fingerprint density at radius 1 is 1.42 bits per heavy atom. The Balaban J connectivity index is 2.27. The molecule has 2 rings (SSSR count). The number of ether oxygens (including phenoxy) is 1. The monoisotopic (exact) mass is 287 g/mol. The average molecular weight is 288 g/mol. The van der Waals surface area contributed by atoms with Gasteiger partial charge in [0.25, 0.3) is 0 Å². The Hall–Kier alpha value is -1.48. The lowest BCUT2D eigenvalue weighted by atomic mass is 10.4. The first-order chi connectivity index (χ1) is 9.19. The smallest absolute Gasteiger partial charge is 0.226 e. The molecule has 0 aliphatic rings. The van der Waals surface area contributed by atoms with Crippen LogP contribution in [0.15, 0.2) is 6.33 Å². The predicted octanol–water partition coefficient (Wildman–Crippen LogP) is -0.151. The number of rotatable bonds is 6. The summed E-state index contributed by atoms with van der Waals surface area (Å²) in [7, 11) is 1.71. The number of nitrogens with one attached hydrogen (secondary N) is 1. The molecule has 0 aromatic carbocycles. The first-order valence-corrected chi connectivity index (χ1v) is 5.96. The second kappa shape index (κ2) is 6.11. The molecule has 19 heavy (non-hydrogen) atoms. The topological polar surface area (TPSA) is 105 Å². The van der Waals surface area contributed by atoms with Crippen LogP contribution in [0.3, 0.4) is 0 Å². The molecule has 0 unspecified atom stereocenters. The second-order valence-corrected chi connectivity index (χ2v) is 4.10. The van der Waals surface area contributed by atoms with Gasteiger partial charge >= 0.3 is 0 Å². The van der Waals surface area contributed by atoms with Crippen LogP contribution in [0.2, 0.25) is 5.28 Å². The van der Waals surface area contributed by atoms with Crippen molar-refractivity contribution in [3.05, 3.63) is 11.6 Å². The lowest BCUT2D eigenvalue weighted by molar-refractivity contribution is -0.0488. The van der Waals surface area contributed by atoms with E-state index < -0.39 is 6.10 Å². The van der Waals surface area contributed by atoms with Crippen molar-refractivity contribution >= 4 is 28.6 Å². The number of fused-ring (bicyclic) bond motifs is 1. The highest BCUT2D eigenvalue weighted by atomic mass is 35.5. The van der Waals surface area contributed by atoms with Gasteiger partial charge in [-0.2, -0.15) is 9.97 Å². The number of nitrogens with zero attached hydrogens (tertiary/aromatic N) is 4. The van der Waals surface area contributed by atoms with Gasteiger partial charge < -0.3 is 20.3 Å². The van der Waals surface area contributed by atoms with Gasteiger partial charge in [-0.25, -0.2) is 4.98 Å². The number of aromatic nitrogens is 4. The SMILES string of the molecule is CNc1nc(Cl)nc2c1ncn2COC(CO)CO. The summed E-state index contributed by atoms with van der Waals surface area (Å²) in [4.78, 5) is 12.3. The summed E-state index contributed by atoms with van der Waals surface area (Å²) >= 11 is 5.82. The molecule has 8 nitrogen and oxygen atoms in total. The number of hydrogen-bond donors (Lipinski definition) is 3. The van der Waals surface area contributed by atoms with Gasteiger partial charge in [0.1, 0.15) is 12.8 Å². The van der Waals surface area contributed by atoms with E-state index in [4.69, 9.17) is 26.6 Å². The number of aliphatic hydroxyl groups excluding tert-OH is 2. The van der Waals surface area contributed by atoms with Crippen molar-refractivity contribution < 1.29 is 14.9 Å². The lowest BCUT2D eigenvalue weighted by Gasteiger charge is -2.13. The molecule has 2 heterocycles. The van der Waals surface area contributed by atoms with Crippen molar-refractivity contribution in [3.8, 4) is 0 Å². The van der Waals surface area contributed by atoms with Gasteiger partial charge in [0.15, 0.2) is 17.0 Å². The van der Waals surface area contributed by atoms with Gasteiger partial charge in [0.05, 0.1) is 19.5 Å². The molecule has 0 radical (unpaired) electrons. The fraction of sp³-hybridized carbons (Fsp3) is 0.500. The molecule has 0 aliphatic carbocycles. The highest BCUT2D eigenvalue weighted by Crippen LogP contribution is 2.20. The van der Waals surface area contributed by atoms with Crippen LogP contribution < -0.4 is 5.32 Å². The summed E-state index contributed by atoms with van der Waals surface area (Å²) in [6, 6.07) is 0. The van der Waals surface area contributed by atoms with Crippen molar-refractivity contribution in [2.75, 3.05) is 25.6 Å². The highest BCUT2D eigenvalue weighted by Gasteiger charge is 2.13. The van der Waals surface area contributed by atoms with Gasteiger partial charge in [-0.3, -0.25) is 4.57 Å². The van der Waals surface area contributed by atoms with Crippen LogP contribution in [0.1, 0.15) is 0 Å². The van der Waals surface area contributed by atoms with Crippen molar-refractivity contribution in [1.29, 1.82) is 0 Å². The Kier molecular flexibility index (Phi) is 4.48. The zero-order valence-corrected chi connectivity index (χ0v) is 11.0. The number of imidazole rings is 1. The van der Waals surface area contributed by atoms with E-state index in [1.807, 2.05) is 0 Å². The molecule has 0 amide bonds. The lowest BCUT2D eigenvalue weighted by Crippen LogP contribution is -2.23. The zero-order valence-electron chi connectivity index (χ0n) is 10.2.